The fourth-order valence-electron chi connectivity index (χ4n) is 3.58. The van der Waals surface area contributed by atoms with Gasteiger partial charge in [-0.25, -0.2) is 0 Å². The molecule has 1 aromatic heterocycles. The third-order valence-corrected chi connectivity index (χ3v) is 4.81. The van der Waals surface area contributed by atoms with Gasteiger partial charge in [0, 0.05) is 45.6 Å². The van der Waals surface area contributed by atoms with E-state index in [9.17, 15) is 5.11 Å². The van der Waals surface area contributed by atoms with Crippen molar-refractivity contribution >= 4 is 34.0 Å². The number of benzene rings is 3. The summed E-state index contributed by atoms with van der Waals surface area (Å²) in [6.07, 6.45) is 3.99. The summed E-state index contributed by atoms with van der Waals surface area (Å²) >= 11 is 0. The molecular weight excluding hydrogens is 320 g/mol. The van der Waals surface area contributed by atoms with Crippen LogP contribution in [0, 0.1) is 0 Å². The lowest BCUT2D eigenvalue weighted by molar-refractivity contribution is 0.475. The maximum atomic E-state index is 9.72. The van der Waals surface area contributed by atoms with E-state index in [0.717, 1.165) is 39.0 Å². The lowest BCUT2D eigenvalue weighted by Gasteiger charge is -2.12. The largest absolute Gasteiger partial charge is 0.508 e. The van der Waals surface area contributed by atoms with Crippen molar-refractivity contribution in [3.63, 3.8) is 0 Å². The molecule has 0 aliphatic carbocycles. The van der Waals surface area contributed by atoms with E-state index < -0.39 is 0 Å². The minimum atomic E-state index is 0.262. The van der Waals surface area contributed by atoms with Crippen LogP contribution in [0.5, 0.6) is 5.75 Å². The number of para-hydroxylation sites is 2. The number of hydrogen-bond donors (Lipinski definition) is 2. The maximum Gasteiger partial charge on any atom is 0.115 e. The lowest BCUT2D eigenvalue weighted by Crippen LogP contribution is -1.93. The Morgan fingerprint density at radius 1 is 0.846 bits per heavy atom. The summed E-state index contributed by atoms with van der Waals surface area (Å²) in [6, 6.07) is 23.8. The summed E-state index contributed by atoms with van der Waals surface area (Å²) in [5, 5.41) is 10.9. The van der Waals surface area contributed by atoms with E-state index in [0.29, 0.717) is 0 Å². The number of nitrogens with zero attached hydrogens (tertiary/aromatic N) is 1. The first-order valence-electron chi connectivity index (χ1n) is 8.55. The molecule has 3 nitrogen and oxygen atoms in total. The van der Waals surface area contributed by atoms with E-state index in [1.54, 1.807) is 12.1 Å². The molecule has 1 aliphatic heterocycles. The average molecular weight is 336 g/mol. The Morgan fingerprint density at radius 2 is 1.62 bits per heavy atom. The van der Waals surface area contributed by atoms with Gasteiger partial charge in [-0.3, -0.25) is 4.99 Å². The number of aromatic amines is 1. The summed E-state index contributed by atoms with van der Waals surface area (Å²) in [5.41, 5.74) is 7.59. The van der Waals surface area contributed by atoms with Crippen molar-refractivity contribution in [3.8, 4) is 5.75 Å². The number of phenols is 1. The van der Waals surface area contributed by atoms with Crippen LogP contribution < -0.4 is 0 Å². The van der Waals surface area contributed by atoms with Crippen molar-refractivity contribution in [2.75, 3.05) is 0 Å². The number of aromatic hydroxyl groups is 1. The highest BCUT2D eigenvalue weighted by molar-refractivity contribution is 6.27. The van der Waals surface area contributed by atoms with Crippen LogP contribution >= 0.6 is 0 Å². The highest BCUT2D eigenvalue weighted by Gasteiger charge is 2.20. The van der Waals surface area contributed by atoms with Gasteiger partial charge >= 0.3 is 0 Å². The van der Waals surface area contributed by atoms with Gasteiger partial charge < -0.3 is 10.1 Å². The quantitative estimate of drug-likeness (QED) is 0.495. The fraction of sp³-hybridized carbons (Fsp3) is 0. The van der Waals surface area contributed by atoms with E-state index in [-0.39, 0.29) is 5.75 Å². The van der Waals surface area contributed by atoms with Gasteiger partial charge in [0.2, 0.25) is 0 Å². The fourth-order valence-corrected chi connectivity index (χ4v) is 3.58. The van der Waals surface area contributed by atoms with Crippen molar-refractivity contribution in [1.29, 1.82) is 0 Å². The van der Waals surface area contributed by atoms with Crippen molar-refractivity contribution in [2.24, 2.45) is 4.99 Å². The first-order valence-corrected chi connectivity index (χ1v) is 8.55. The smallest absolute Gasteiger partial charge is 0.115 e. The standard InChI is InChI=1S/C23H16N2O/c26-16-11-9-15(10-12-16)23(19-13-24-21-7-3-1-5-17(19)21)20-14-25-22-8-4-2-6-18(20)22/h1-14,24,26H/b23-20+. The molecule has 1 aliphatic rings. The van der Waals surface area contributed by atoms with Gasteiger partial charge in [-0.2, -0.15) is 0 Å². The van der Waals surface area contributed by atoms with Crippen LogP contribution in [0.3, 0.4) is 0 Å². The molecule has 2 heterocycles. The predicted octanol–water partition coefficient (Wildman–Crippen LogP) is 5.55. The van der Waals surface area contributed by atoms with Gasteiger partial charge in [-0.1, -0.05) is 48.5 Å². The lowest BCUT2D eigenvalue weighted by atomic mass is 9.90. The summed E-state index contributed by atoms with van der Waals surface area (Å²) < 4.78 is 0. The predicted molar refractivity (Wildman–Crippen MR) is 107 cm³/mol. The van der Waals surface area contributed by atoms with E-state index >= 15 is 0 Å². The third kappa shape index (κ3) is 2.25. The number of fused-ring (bicyclic) bond motifs is 2. The zero-order chi connectivity index (χ0) is 17.5. The third-order valence-electron chi connectivity index (χ3n) is 4.81. The molecule has 0 saturated carbocycles. The Labute approximate surface area is 151 Å². The van der Waals surface area contributed by atoms with Gasteiger partial charge in [-0.05, 0) is 29.8 Å². The number of hydrogen-bond acceptors (Lipinski definition) is 2. The summed E-state index contributed by atoms with van der Waals surface area (Å²) in [5.74, 6) is 0.262. The van der Waals surface area contributed by atoms with Gasteiger partial charge in [0.25, 0.3) is 0 Å². The normalized spacial score (nSPS) is 14.6. The maximum absolute atomic E-state index is 9.72. The minimum Gasteiger partial charge on any atom is -0.508 e. The molecule has 0 radical (unpaired) electrons. The molecule has 0 unspecified atom stereocenters. The molecule has 0 saturated heterocycles. The average Bonchev–Trinajstić information content (AvgIpc) is 3.29. The summed E-state index contributed by atoms with van der Waals surface area (Å²) in [7, 11) is 0. The highest BCUT2D eigenvalue weighted by Crippen LogP contribution is 2.41. The zero-order valence-electron chi connectivity index (χ0n) is 14.0. The van der Waals surface area contributed by atoms with Crippen molar-refractivity contribution in [3.05, 3.63) is 95.7 Å². The Balaban J connectivity index is 1.85. The molecule has 2 N–H and O–H groups in total. The van der Waals surface area contributed by atoms with Crippen LogP contribution in [0.4, 0.5) is 5.69 Å². The monoisotopic (exact) mass is 336 g/mol. The SMILES string of the molecule is Oc1ccc(/C(=C2/C=Nc3ccccc32)c2c[nH]c3ccccc23)cc1. The second-order valence-corrected chi connectivity index (χ2v) is 6.36. The van der Waals surface area contributed by atoms with Crippen molar-refractivity contribution in [2.45, 2.75) is 0 Å². The summed E-state index contributed by atoms with van der Waals surface area (Å²) in [4.78, 5) is 7.96. The minimum absolute atomic E-state index is 0.262. The molecule has 4 aromatic rings. The topological polar surface area (TPSA) is 48.4 Å². The Bertz CT molecular complexity index is 1180. The zero-order valence-corrected chi connectivity index (χ0v) is 14.0. The van der Waals surface area contributed by atoms with Crippen LogP contribution in [0.1, 0.15) is 16.7 Å². The molecule has 0 fully saturated rings. The van der Waals surface area contributed by atoms with Gasteiger partial charge in [0.15, 0.2) is 0 Å². The second kappa shape index (κ2) is 5.74. The van der Waals surface area contributed by atoms with E-state index in [2.05, 4.69) is 40.4 Å². The molecule has 0 amide bonds. The molecule has 0 spiro atoms. The second-order valence-electron chi connectivity index (χ2n) is 6.36. The molecular formula is C23H16N2O. The first kappa shape index (κ1) is 14.7. The molecule has 5 rings (SSSR count). The molecule has 3 heteroatoms. The Hall–Kier alpha value is -3.59. The number of rotatable bonds is 2. The van der Waals surface area contributed by atoms with Crippen LogP contribution in [-0.2, 0) is 0 Å². The van der Waals surface area contributed by atoms with E-state index in [4.69, 9.17) is 0 Å². The number of allylic oxidation sites excluding steroid dienone is 1. The molecule has 124 valence electrons. The van der Waals surface area contributed by atoms with Crippen molar-refractivity contribution in [1.82, 2.24) is 4.98 Å². The van der Waals surface area contributed by atoms with Crippen LogP contribution in [0.15, 0.2) is 84.0 Å². The Kier molecular flexibility index (Phi) is 3.25. The van der Waals surface area contributed by atoms with Crippen LogP contribution in [0.2, 0.25) is 0 Å². The van der Waals surface area contributed by atoms with E-state index in [1.165, 1.54) is 5.39 Å². The summed E-state index contributed by atoms with van der Waals surface area (Å²) in [6.45, 7) is 0. The van der Waals surface area contributed by atoms with Gasteiger partial charge in [0.05, 0.1) is 5.69 Å². The number of nitrogens with one attached hydrogen (secondary N) is 1. The molecule has 3 aromatic carbocycles. The molecule has 0 atom stereocenters. The number of H-pyrrole nitrogens is 1. The van der Waals surface area contributed by atoms with Gasteiger partial charge in [0.1, 0.15) is 5.75 Å². The number of phenolic OH excluding ortho intramolecular Hbond substituents is 1. The number of aromatic nitrogens is 1. The van der Waals surface area contributed by atoms with Crippen LogP contribution in [-0.4, -0.2) is 16.3 Å². The molecule has 0 bridgehead atoms. The van der Waals surface area contributed by atoms with E-state index in [1.807, 2.05) is 42.6 Å². The highest BCUT2D eigenvalue weighted by atomic mass is 16.3. The van der Waals surface area contributed by atoms with Gasteiger partial charge in [-0.15, -0.1) is 0 Å². The molecule has 26 heavy (non-hydrogen) atoms. The Morgan fingerprint density at radius 3 is 2.50 bits per heavy atom. The first-order chi connectivity index (χ1) is 12.8. The van der Waals surface area contributed by atoms with Crippen LogP contribution in [0.25, 0.3) is 22.0 Å². The van der Waals surface area contributed by atoms with Crippen molar-refractivity contribution < 1.29 is 5.11 Å². The number of aliphatic imine (C=N–C) groups is 1.